The first-order valence-corrected chi connectivity index (χ1v) is 6.28. The van der Waals surface area contributed by atoms with E-state index in [2.05, 4.69) is 4.98 Å². The van der Waals surface area contributed by atoms with Crippen LogP contribution >= 0.6 is 0 Å². The maximum atomic E-state index is 13.7. The summed E-state index contributed by atoms with van der Waals surface area (Å²) < 4.78 is 33.9. The molecule has 3 aromatic rings. The number of aryl methyl sites for hydroxylation is 1. The molecule has 0 fully saturated rings. The van der Waals surface area contributed by atoms with E-state index >= 15 is 0 Å². The minimum absolute atomic E-state index is 0.0803. The number of fused-ring (bicyclic) bond motifs is 1. The maximum absolute atomic E-state index is 13.7. The van der Waals surface area contributed by atoms with E-state index in [1.807, 2.05) is 0 Å². The van der Waals surface area contributed by atoms with E-state index in [1.165, 1.54) is 31.4 Å². The Bertz CT molecular complexity index is 822. The molecule has 0 saturated heterocycles. The number of anilines is 1. The Hall–Kier alpha value is -2.63. The lowest BCUT2D eigenvalue weighted by atomic mass is 10.2. The van der Waals surface area contributed by atoms with E-state index < -0.39 is 5.82 Å². The van der Waals surface area contributed by atoms with Crippen LogP contribution < -0.4 is 10.5 Å². The van der Waals surface area contributed by atoms with Gasteiger partial charge in [-0.2, -0.15) is 0 Å². The Balaban J connectivity index is 2.33. The first-order valence-electron chi connectivity index (χ1n) is 6.28. The number of halogens is 2. The fourth-order valence-electron chi connectivity index (χ4n) is 2.37. The van der Waals surface area contributed by atoms with E-state index in [1.54, 1.807) is 17.6 Å². The van der Waals surface area contributed by atoms with Gasteiger partial charge in [-0.3, -0.25) is 4.57 Å². The molecule has 108 valence electrons. The highest BCUT2D eigenvalue weighted by atomic mass is 19.1. The Morgan fingerprint density at radius 1 is 1.14 bits per heavy atom. The molecule has 3 rings (SSSR count). The summed E-state index contributed by atoms with van der Waals surface area (Å²) in [7, 11) is 1.38. The number of nitrogens with zero attached hydrogens (tertiary/aromatic N) is 2. The van der Waals surface area contributed by atoms with Crippen LogP contribution in [0.1, 0.15) is 5.56 Å². The van der Waals surface area contributed by atoms with Crippen LogP contribution in [0, 0.1) is 18.6 Å². The summed E-state index contributed by atoms with van der Waals surface area (Å²) in [5, 5.41) is 0. The van der Waals surface area contributed by atoms with Gasteiger partial charge in [-0.15, -0.1) is 0 Å². The molecule has 2 N–H and O–H groups in total. The standard InChI is InChI=1S/C15H13F2N3O/c1-8-3-9(16)5-10(4-8)20-13-7-14(21-2)11(17)6-12(13)19-15(20)18/h3-7H,1-2H3,(H2,18,19). The zero-order valence-corrected chi connectivity index (χ0v) is 11.5. The highest BCUT2D eigenvalue weighted by Gasteiger charge is 2.15. The van der Waals surface area contributed by atoms with Crippen LogP contribution in [0.3, 0.4) is 0 Å². The van der Waals surface area contributed by atoms with Crippen LogP contribution in [0.15, 0.2) is 30.3 Å². The van der Waals surface area contributed by atoms with E-state index in [9.17, 15) is 8.78 Å². The third kappa shape index (κ3) is 2.18. The van der Waals surface area contributed by atoms with E-state index in [-0.39, 0.29) is 17.5 Å². The second-order valence-electron chi connectivity index (χ2n) is 4.77. The molecule has 1 heterocycles. The number of benzene rings is 2. The van der Waals surface area contributed by atoms with Crippen molar-refractivity contribution in [2.45, 2.75) is 6.92 Å². The summed E-state index contributed by atoms with van der Waals surface area (Å²) >= 11 is 0. The van der Waals surface area contributed by atoms with Crippen LogP contribution in [0.5, 0.6) is 5.75 Å². The van der Waals surface area contributed by atoms with Crippen molar-refractivity contribution in [2.24, 2.45) is 0 Å². The van der Waals surface area contributed by atoms with Crippen molar-refractivity contribution in [3.8, 4) is 11.4 Å². The predicted molar refractivity (Wildman–Crippen MR) is 76.7 cm³/mol. The second kappa shape index (κ2) is 4.73. The molecule has 0 atom stereocenters. The van der Waals surface area contributed by atoms with Gasteiger partial charge in [0.25, 0.3) is 0 Å². The number of ether oxygens (including phenoxy) is 1. The number of aromatic nitrogens is 2. The Morgan fingerprint density at radius 3 is 2.57 bits per heavy atom. The topological polar surface area (TPSA) is 53.1 Å². The van der Waals surface area contributed by atoms with Crippen LogP contribution in [0.2, 0.25) is 0 Å². The monoisotopic (exact) mass is 289 g/mol. The Kier molecular flexibility index (Phi) is 3.01. The zero-order chi connectivity index (χ0) is 15.1. The molecule has 0 unspecified atom stereocenters. The average Bonchev–Trinajstić information content (AvgIpc) is 2.71. The number of imidazole rings is 1. The SMILES string of the molecule is COc1cc2c(cc1F)nc(N)n2-c1cc(C)cc(F)c1. The van der Waals surface area contributed by atoms with Crippen LogP contribution in [-0.4, -0.2) is 16.7 Å². The fraction of sp³-hybridized carbons (Fsp3) is 0.133. The van der Waals surface area contributed by atoms with Gasteiger partial charge in [0.05, 0.1) is 23.8 Å². The quantitative estimate of drug-likeness (QED) is 0.788. The normalized spacial score (nSPS) is 11.0. The summed E-state index contributed by atoms with van der Waals surface area (Å²) in [6, 6.07) is 7.28. The second-order valence-corrected chi connectivity index (χ2v) is 4.77. The summed E-state index contributed by atoms with van der Waals surface area (Å²) in [5.74, 6) is -0.662. The van der Waals surface area contributed by atoms with Crippen molar-refractivity contribution in [2.75, 3.05) is 12.8 Å². The number of hydrogen-bond acceptors (Lipinski definition) is 3. The van der Waals surface area contributed by atoms with Crippen molar-refractivity contribution >= 4 is 17.0 Å². The highest BCUT2D eigenvalue weighted by molar-refractivity contribution is 5.82. The van der Waals surface area contributed by atoms with E-state index in [4.69, 9.17) is 10.5 Å². The molecule has 0 aliphatic heterocycles. The van der Waals surface area contributed by atoms with Crippen molar-refractivity contribution < 1.29 is 13.5 Å². The minimum atomic E-state index is -0.523. The van der Waals surface area contributed by atoms with Crippen LogP contribution in [-0.2, 0) is 0 Å². The third-order valence-corrected chi connectivity index (χ3v) is 3.24. The summed E-state index contributed by atoms with van der Waals surface area (Å²) in [6.45, 7) is 1.78. The maximum Gasteiger partial charge on any atom is 0.205 e. The summed E-state index contributed by atoms with van der Waals surface area (Å²) in [5.41, 5.74) is 8.11. The summed E-state index contributed by atoms with van der Waals surface area (Å²) in [4.78, 5) is 4.11. The fourth-order valence-corrected chi connectivity index (χ4v) is 2.37. The number of nitrogens with two attached hydrogens (primary N) is 1. The molecular weight excluding hydrogens is 276 g/mol. The molecular formula is C15H13F2N3O. The lowest BCUT2D eigenvalue weighted by Crippen LogP contribution is -2.01. The van der Waals surface area contributed by atoms with Gasteiger partial charge in [0.2, 0.25) is 5.95 Å². The Labute approximate surface area is 119 Å². The number of hydrogen-bond donors (Lipinski definition) is 1. The number of nitrogen functional groups attached to an aromatic ring is 1. The molecule has 0 saturated carbocycles. The molecule has 2 aromatic carbocycles. The molecule has 6 heteroatoms. The minimum Gasteiger partial charge on any atom is -0.494 e. The van der Waals surface area contributed by atoms with Crippen molar-refractivity contribution in [3.05, 3.63) is 47.5 Å². The van der Waals surface area contributed by atoms with Gasteiger partial charge in [-0.05, 0) is 30.7 Å². The van der Waals surface area contributed by atoms with Gasteiger partial charge in [0, 0.05) is 12.1 Å². The zero-order valence-electron chi connectivity index (χ0n) is 11.5. The highest BCUT2D eigenvalue weighted by Crippen LogP contribution is 2.29. The molecule has 0 bridgehead atoms. The smallest absolute Gasteiger partial charge is 0.205 e. The lowest BCUT2D eigenvalue weighted by molar-refractivity contribution is 0.387. The first-order chi connectivity index (χ1) is 9.99. The number of rotatable bonds is 2. The van der Waals surface area contributed by atoms with Gasteiger partial charge in [0.15, 0.2) is 11.6 Å². The average molecular weight is 289 g/mol. The molecule has 0 aliphatic carbocycles. The van der Waals surface area contributed by atoms with Gasteiger partial charge in [-0.1, -0.05) is 0 Å². The number of methoxy groups -OCH3 is 1. The predicted octanol–water partition coefficient (Wildman–Crippen LogP) is 3.20. The molecule has 0 aliphatic rings. The Morgan fingerprint density at radius 2 is 1.90 bits per heavy atom. The van der Waals surface area contributed by atoms with Gasteiger partial charge < -0.3 is 10.5 Å². The molecule has 0 radical (unpaired) electrons. The van der Waals surface area contributed by atoms with Crippen molar-refractivity contribution in [3.63, 3.8) is 0 Å². The molecule has 0 spiro atoms. The van der Waals surface area contributed by atoms with E-state index in [0.717, 1.165) is 5.56 Å². The van der Waals surface area contributed by atoms with Crippen LogP contribution in [0.4, 0.5) is 14.7 Å². The van der Waals surface area contributed by atoms with Crippen LogP contribution in [0.25, 0.3) is 16.7 Å². The summed E-state index contributed by atoms with van der Waals surface area (Å²) in [6.07, 6.45) is 0. The molecule has 21 heavy (non-hydrogen) atoms. The van der Waals surface area contributed by atoms with Gasteiger partial charge in [0.1, 0.15) is 5.82 Å². The molecule has 4 nitrogen and oxygen atoms in total. The van der Waals surface area contributed by atoms with Gasteiger partial charge >= 0.3 is 0 Å². The van der Waals surface area contributed by atoms with E-state index in [0.29, 0.717) is 16.7 Å². The first kappa shape index (κ1) is 13.4. The third-order valence-electron chi connectivity index (χ3n) is 3.24. The van der Waals surface area contributed by atoms with Gasteiger partial charge in [-0.25, -0.2) is 13.8 Å². The van der Waals surface area contributed by atoms with Crippen molar-refractivity contribution in [1.29, 1.82) is 0 Å². The molecule has 1 aromatic heterocycles. The largest absolute Gasteiger partial charge is 0.494 e. The lowest BCUT2D eigenvalue weighted by Gasteiger charge is -2.09. The van der Waals surface area contributed by atoms with Crippen molar-refractivity contribution in [1.82, 2.24) is 9.55 Å². The molecule has 0 amide bonds.